The standard InChI is InChI=1S/C26H30N2.2ClH.Co/c1-19(2)23-15-11-16-24(20(3)4)26(23)27(5)18-22-14-10-17-25(28(22)6)21-12-8-7-9-13-21;;;/h7-20H,5-6H2,1-4H3;2*1H;/q;;;+2/p-2. The van der Waals surface area contributed by atoms with Gasteiger partial charge in [0.2, 0.25) is 0 Å². The molecule has 2 aromatic rings. The fraction of sp³-hybridized carbons (Fsp3) is 0.231. The molecule has 0 saturated heterocycles. The molecular weight excluding hydrogens is 470 g/mol. The van der Waals surface area contributed by atoms with E-state index in [1.807, 2.05) is 27.4 Å². The third-order valence-electron chi connectivity index (χ3n) is 5.11. The first-order chi connectivity index (χ1) is 14.8. The topological polar surface area (TPSA) is 6.02 Å². The van der Waals surface area contributed by atoms with Crippen molar-refractivity contribution in [2.45, 2.75) is 39.5 Å². The molecule has 0 aromatic heterocycles. The summed E-state index contributed by atoms with van der Waals surface area (Å²) in [6, 6.07) is 17.9. The fourth-order valence-electron chi connectivity index (χ4n) is 3.60. The third kappa shape index (κ3) is 6.53. The predicted octanol–water partition coefficient (Wildman–Crippen LogP) is 7.67. The first-order valence-corrected chi connectivity index (χ1v) is 13.0. The van der Waals surface area contributed by atoms with E-state index in [1.165, 1.54) is 16.8 Å². The van der Waals surface area contributed by atoms with Gasteiger partial charge < -0.3 is 4.58 Å². The molecular formula is C26H30Cl2CoN2. The van der Waals surface area contributed by atoms with Crippen molar-refractivity contribution in [3.8, 4) is 0 Å². The van der Waals surface area contributed by atoms with Crippen molar-refractivity contribution in [3.63, 3.8) is 0 Å². The predicted molar refractivity (Wildman–Crippen MR) is 132 cm³/mol. The molecule has 0 N–H and O–H groups in total. The minimum atomic E-state index is 0.382. The summed E-state index contributed by atoms with van der Waals surface area (Å²) in [7, 11) is 9.47. The molecule has 0 unspecified atom stereocenters. The Kier molecular flexibility index (Phi) is 9.98. The van der Waals surface area contributed by atoms with E-state index in [9.17, 15) is 0 Å². The van der Waals surface area contributed by atoms with E-state index < -0.39 is 0 Å². The second-order valence-electron chi connectivity index (χ2n) is 7.87. The third-order valence-corrected chi connectivity index (χ3v) is 5.11. The van der Waals surface area contributed by atoms with Gasteiger partial charge in [-0.25, -0.2) is 0 Å². The molecule has 0 bridgehead atoms. The number of benzene rings is 2. The van der Waals surface area contributed by atoms with E-state index in [-0.39, 0.29) is 0 Å². The average molecular weight is 500 g/mol. The molecule has 167 valence electrons. The van der Waals surface area contributed by atoms with E-state index in [1.54, 1.807) is 0 Å². The summed E-state index contributed by atoms with van der Waals surface area (Å²) < 4.78 is 3.98. The van der Waals surface area contributed by atoms with Crippen LogP contribution in [0, 0.1) is 12.6 Å². The summed E-state index contributed by atoms with van der Waals surface area (Å²) in [5.74, 6) is 0.850. The number of para-hydroxylation sites is 1. The molecule has 1 heterocycles. The number of rotatable bonds is 6. The number of hydrogen-bond acceptors (Lipinski definition) is 0. The second-order valence-corrected chi connectivity index (χ2v) is 9.59. The molecule has 0 amide bonds. The van der Waals surface area contributed by atoms with E-state index in [0.717, 1.165) is 17.3 Å². The van der Waals surface area contributed by atoms with Crippen molar-refractivity contribution in [2.24, 2.45) is 0 Å². The molecule has 2 nitrogen and oxygen atoms in total. The molecule has 3 rings (SSSR count). The van der Waals surface area contributed by atoms with Gasteiger partial charge in [-0.1, -0.05) is 88.4 Å². The van der Waals surface area contributed by atoms with Crippen LogP contribution >= 0.6 is 20.3 Å². The Labute approximate surface area is 202 Å². The van der Waals surface area contributed by atoms with Gasteiger partial charge in [-0.05, 0) is 23.0 Å². The van der Waals surface area contributed by atoms with E-state index >= 15 is 0 Å². The maximum atomic E-state index is 4.73. The van der Waals surface area contributed by atoms with Crippen LogP contribution in [0.15, 0.2) is 66.8 Å². The molecule has 1 aliphatic rings. The van der Waals surface area contributed by atoms with Crippen LogP contribution in [0.4, 0.5) is 5.69 Å². The van der Waals surface area contributed by atoms with Crippen molar-refractivity contribution >= 4 is 45.1 Å². The Hall–Kier alpha value is -1.91. The molecule has 0 aliphatic carbocycles. The monoisotopic (exact) mass is 499 g/mol. The van der Waals surface area contributed by atoms with Gasteiger partial charge >= 0.3 is 33.2 Å². The van der Waals surface area contributed by atoms with Gasteiger partial charge in [0, 0.05) is 12.3 Å². The van der Waals surface area contributed by atoms with Gasteiger partial charge in [0.1, 0.15) is 17.4 Å². The van der Waals surface area contributed by atoms with Crippen LogP contribution in [0.2, 0.25) is 0 Å². The van der Waals surface area contributed by atoms with Crippen molar-refractivity contribution in [3.05, 3.63) is 96.0 Å². The summed E-state index contributed by atoms with van der Waals surface area (Å²) in [5, 5.41) is 0. The summed E-state index contributed by atoms with van der Waals surface area (Å²) in [4.78, 5) is 0. The Morgan fingerprint density at radius 1 is 0.968 bits per heavy atom. The van der Waals surface area contributed by atoms with Crippen molar-refractivity contribution in [2.75, 3.05) is 0 Å². The first kappa shape index (κ1) is 25.3. The van der Waals surface area contributed by atoms with Crippen LogP contribution in [0.3, 0.4) is 0 Å². The van der Waals surface area contributed by atoms with Gasteiger partial charge in [0.25, 0.3) is 0 Å². The Balaban J connectivity index is 0.00000107. The molecule has 1 aliphatic heterocycles. The van der Waals surface area contributed by atoms with Gasteiger partial charge in [-0.3, -0.25) is 4.58 Å². The van der Waals surface area contributed by atoms with Crippen LogP contribution in [0.5, 0.6) is 0 Å². The zero-order valence-corrected chi connectivity index (χ0v) is 21.0. The number of hydrogen-bond donors (Lipinski definition) is 0. The molecule has 0 spiro atoms. The molecule has 0 atom stereocenters. The molecule has 0 saturated carbocycles. The second kappa shape index (κ2) is 12.2. The number of allylic oxidation sites excluding steroid dienone is 2. The Morgan fingerprint density at radius 3 is 2.03 bits per heavy atom. The maximum absolute atomic E-state index is 4.73. The normalized spacial score (nSPS) is 13.2. The molecule has 31 heavy (non-hydrogen) atoms. The Morgan fingerprint density at radius 2 is 1.52 bits per heavy atom. The summed E-state index contributed by atoms with van der Waals surface area (Å²) >= 11 is 0.382. The van der Waals surface area contributed by atoms with Gasteiger partial charge in [0.15, 0.2) is 0 Å². The molecule has 2 aromatic carbocycles. The minimum absolute atomic E-state index is 0.382. The van der Waals surface area contributed by atoms with Gasteiger partial charge in [-0.2, -0.15) is 0 Å². The number of halogens is 2. The van der Waals surface area contributed by atoms with Crippen molar-refractivity contribution in [1.82, 2.24) is 0 Å². The van der Waals surface area contributed by atoms with Crippen LogP contribution < -0.4 is 0 Å². The van der Waals surface area contributed by atoms with Crippen LogP contribution in [0.1, 0.15) is 56.2 Å². The molecule has 0 fully saturated rings. The van der Waals surface area contributed by atoms with E-state index in [2.05, 4.69) is 96.2 Å². The van der Waals surface area contributed by atoms with E-state index in [4.69, 9.17) is 20.3 Å². The Bertz CT molecular complexity index is 936. The molecule has 0 radical (unpaired) electrons. The number of nitrogens with zero attached hydrogens (tertiary/aromatic N) is 2. The van der Waals surface area contributed by atoms with Crippen molar-refractivity contribution < 1.29 is 22.0 Å². The fourth-order valence-corrected chi connectivity index (χ4v) is 3.60. The van der Waals surface area contributed by atoms with Crippen LogP contribution in [-0.2, 0) is 12.9 Å². The SMILES string of the molecule is C=[N+]([CH-][C-]1C=CC=C(c2ccccc2)[N+]1=C)c1c(C(C)C)cccc1C(C)C.[Cl][Co][Cl]. The zero-order chi connectivity index (χ0) is 23.0. The van der Waals surface area contributed by atoms with E-state index in [0.29, 0.717) is 24.7 Å². The molecule has 5 heteroatoms. The zero-order valence-electron chi connectivity index (χ0n) is 18.5. The summed E-state index contributed by atoms with van der Waals surface area (Å²) in [6.45, 7) is 19.7. The quantitative estimate of drug-likeness (QED) is 0.218. The average Bonchev–Trinajstić information content (AvgIpc) is 2.75. The van der Waals surface area contributed by atoms with Crippen molar-refractivity contribution in [1.29, 1.82) is 0 Å². The summed E-state index contributed by atoms with van der Waals surface area (Å²) in [5.41, 5.74) is 6.04. The summed E-state index contributed by atoms with van der Waals surface area (Å²) in [6.07, 6.45) is 6.24. The van der Waals surface area contributed by atoms with Crippen LogP contribution in [-0.4, -0.2) is 22.6 Å². The van der Waals surface area contributed by atoms with Crippen LogP contribution in [0.25, 0.3) is 5.70 Å². The first-order valence-electron chi connectivity index (χ1n) is 10.1. The van der Waals surface area contributed by atoms with Gasteiger partial charge in [-0.15, -0.1) is 6.08 Å². The van der Waals surface area contributed by atoms with Gasteiger partial charge in [0.05, 0.1) is 13.3 Å².